The molecule has 0 amide bonds. The van der Waals surface area contributed by atoms with Crippen LogP contribution in [-0.2, 0) is 5.92 Å². The van der Waals surface area contributed by atoms with Gasteiger partial charge in [-0.25, -0.2) is 0 Å². The monoisotopic (exact) mass is 439 g/mol. The highest BCUT2D eigenvalue weighted by Crippen LogP contribution is 2.60. The van der Waals surface area contributed by atoms with Gasteiger partial charge < -0.3 is 5.73 Å². The van der Waals surface area contributed by atoms with Crippen LogP contribution in [0.5, 0.6) is 0 Å². The van der Waals surface area contributed by atoms with Gasteiger partial charge in [0, 0.05) is 15.7 Å². The Hall–Kier alpha value is -1.27. The first-order valence-corrected chi connectivity index (χ1v) is 6.34. The number of rotatable bonds is 4. The Bertz CT molecular complexity index is 623. The average molecular weight is 440 g/mol. The molecule has 0 saturated heterocycles. The molecule has 0 fully saturated rings. The second kappa shape index (κ2) is 5.63. The van der Waals surface area contributed by atoms with Crippen LogP contribution in [0.15, 0.2) is 22.7 Å². The molecule has 0 aromatic heterocycles. The first-order chi connectivity index (χ1) is 10.4. The van der Waals surface area contributed by atoms with Gasteiger partial charge in [-0.15, -0.1) is 0 Å². The van der Waals surface area contributed by atoms with Crippen molar-refractivity contribution < 1.29 is 48.3 Å². The third-order valence-electron chi connectivity index (χ3n) is 2.87. The van der Waals surface area contributed by atoms with Gasteiger partial charge in [0.25, 0.3) is 0 Å². The Balaban J connectivity index is 3.59. The molecule has 0 bridgehead atoms. The van der Waals surface area contributed by atoms with Crippen LogP contribution < -0.4 is 5.73 Å². The van der Waals surface area contributed by atoms with Crippen molar-refractivity contribution in [1.82, 2.24) is 0 Å². The molecule has 2 N–H and O–H groups in total. The summed E-state index contributed by atoms with van der Waals surface area (Å²) in [7, 11) is 0. The maximum absolute atomic E-state index is 13.8. The van der Waals surface area contributed by atoms with Crippen LogP contribution in [0, 0.1) is 0 Å². The van der Waals surface area contributed by atoms with E-state index in [0.29, 0.717) is 6.07 Å². The van der Waals surface area contributed by atoms with E-state index in [2.05, 4.69) is 15.9 Å². The predicted molar refractivity (Wildman–Crippen MR) is 63.3 cm³/mol. The fourth-order valence-electron chi connectivity index (χ4n) is 1.52. The molecule has 0 unspecified atom stereocenters. The molecule has 13 heteroatoms. The highest BCUT2D eigenvalue weighted by molar-refractivity contribution is 9.10. The van der Waals surface area contributed by atoms with Gasteiger partial charge in [0.1, 0.15) is 0 Å². The van der Waals surface area contributed by atoms with Crippen LogP contribution in [-0.4, -0.2) is 23.9 Å². The molecule has 1 rings (SSSR count). The molecular weight excluding hydrogens is 435 g/mol. The molecular formula is C11H5BrF11N. The molecule has 0 atom stereocenters. The first kappa shape index (κ1) is 20.8. The van der Waals surface area contributed by atoms with Gasteiger partial charge in [-0.2, -0.15) is 48.3 Å². The fourth-order valence-corrected chi connectivity index (χ4v) is 2.02. The Morgan fingerprint density at radius 1 is 0.708 bits per heavy atom. The summed E-state index contributed by atoms with van der Waals surface area (Å²) < 4.78 is 141. The average Bonchev–Trinajstić information content (AvgIpc) is 2.39. The van der Waals surface area contributed by atoms with Crippen molar-refractivity contribution in [2.75, 3.05) is 5.73 Å². The van der Waals surface area contributed by atoms with Crippen LogP contribution in [0.2, 0.25) is 0 Å². The lowest BCUT2D eigenvalue weighted by atomic mass is 9.93. The molecule has 1 aromatic carbocycles. The van der Waals surface area contributed by atoms with Crippen molar-refractivity contribution in [3.8, 4) is 0 Å². The lowest BCUT2D eigenvalue weighted by molar-refractivity contribution is -0.424. The van der Waals surface area contributed by atoms with E-state index in [1.54, 1.807) is 0 Å². The highest BCUT2D eigenvalue weighted by atomic mass is 79.9. The summed E-state index contributed by atoms with van der Waals surface area (Å²) in [5, 5.41) is 0. The molecule has 0 aliphatic rings. The summed E-state index contributed by atoms with van der Waals surface area (Å²) in [6.45, 7) is 0. The maximum atomic E-state index is 13.8. The van der Waals surface area contributed by atoms with Gasteiger partial charge in [-0.05, 0) is 18.2 Å². The Morgan fingerprint density at radius 2 is 1.17 bits per heavy atom. The Morgan fingerprint density at radius 3 is 1.58 bits per heavy atom. The number of hydrogen-bond donors (Lipinski definition) is 1. The molecule has 1 nitrogen and oxygen atoms in total. The van der Waals surface area contributed by atoms with Crippen molar-refractivity contribution in [2.45, 2.75) is 29.9 Å². The SMILES string of the molecule is Nc1ccc(Br)c(C(F)(F)C(F)(F)C(F)(F)C(F)(F)C(F)(F)F)c1. The van der Waals surface area contributed by atoms with E-state index in [-0.39, 0.29) is 6.07 Å². The number of anilines is 1. The molecule has 0 aliphatic heterocycles. The summed E-state index contributed by atoms with van der Waals surface area (Å²) in [6.07, 6.45) is -7.19. The zero-order chi connectivity index (χ0) is 19.4. The minimum Gasteiger partial charge on any atom is -0.399 e. The van der Waals surface area contributed by atoms with Crippen molar-refractivity contribution in [1.29, 1.82) is 0 Å². The van der Waals surface area contributed by atoms with E-state index in [1.165, 1.54) is 0 Å². The van der Waals surface area contributed by atoms with Gasteiger partial charge in [-0.3, -0.25) is 0 Å². The second-order valence-electron chi connectivity index (χ2n) is 4.53. The molecule has 0 aliphatic carbocycles. The lowest BCUT2D eigenvalue weighted by Crippen LogP contribution is -2.65. The lowest BCUT2D eigenvalue weighted by Gasteiger charge is -2.37. The summed E-state index contributed by atoms with van der Waals surface area (Å²) in [4.78, 5) is 0. The first-order valence-electron chi connectivity index (χ1n) is 5.54. The van der Waals surface area contributed by atoms with E-state index >= 15 is 0 Å². The third kappa shape index (κ3) is 2.80. The van der Waals surface area contributed by atoms with E-state index in [9.17, 15) is 48.3 Å². The van der Waals surface area contributed by atoms with Crippen LogP contribution in [0.25, 0.3) is 0 Å². The van der Waals surface area contributed by atoms with Gasteiger partial charge in [-0.1, -0.05) is 15.9 Å². The standard InChI is InChI=1S/C11H5BrF11N/c12-6-2-1-4(24)3-5(6)7(13,14)8(15,16)9(17,18)10(19,20)11(21,22)23/h1-3H,24H2. The molecule has 0 spiro atoms. The number of halogens is 12. The zero-order valence-corrected chi connectivity index (χ0v) is 12.4. The summed E-state index contributed by atoms with van der Waals surface area (Å²) in [6, 6.07) is 1.51. The van der Waals surface area contributed by atoms with Crippen molar-refractivity contribution in [2.24, 2.45) is 0 Å². The summed E-state index contributed by atoms with van der Waals surface area (Å²) in [5.41, 5.74) is 2.39. The molecule has 0 radical (unpaired) electrons. The quantitative estimate of drug-likeness (QED) is 0.480. The van der Waals surface area contributed by atoms with Crippen LogP contribution in [0.3, 0.4) is 0 Å². The van der Waals surface area contributed by atoms with Crippen molar-refractivity contribution in [3.05, 3.63) is 28.2 Å². The minimum atomic E-state index is -7.45. The third-order valence-corrected chi connectivity index (χ3v) is 3.56. The van der Waals surface area contributed by atoms with Gasteiger partial charge in [0.15, 0.2) is 0 Å². The summed E-state index contributed by atoms with van der Waals surface area (Å²) in [5.74, 6) is -28.1. The van der Waals surface area contributed by atoms with E-state index in [0.717, 1.165) is 6.07 Å². The number of nitrogens with two attached hydrogens (primary N) is 1. The Kier molecular flexibility index (Phi) is 4.87. The van der Waals surface area contributed by atoms with E-state index < -0.39 is 45.6 Å². The van der Waals surface area contributed by atoms with Crippen LogP contribution >= 0.6 is 15.9 Å². The molecule has 1 aromatic rings. The summed E-state index contributed by atoms with van der Waals surface area (Å²) >= 11 is 2.29. The molecule has 0 heterocycles. The van der Waals surface area contributed by atoms with Crippen LogP contribution in [0.1, 0.15) is 5.56 Å². The second-order valence-corrected chi connectivity index (χ2v) is 5.39. The van der Waals surface area contributed by atoms with Gasteiger partial charge >= 0.3 is 29.9 Å². The van der Waals surface area contributed by atoms with Gasteiger partial charge in [0.05, 0.1) is 0 Å². The molecule has 24 heavy (non-hydrogen) atoms. The molecule has 0 saturated carbocycles. The normalized spacial score (nSPS) is 14.8. The highest BCUT2D eigenvalue weighted by Gasteiger charge is 2.87. The van der Waals surface area contributed by atoms with Crippen molar-refractivity contribution in [3.63, 3.8) is 0 Å². The largest absolute Gasteiger partial charge is 0.460 e. The number of nitrogen functional groups attached to an aromatic ring is 1. The number of benzene rings is 1. The minimum absolute atomic E-state index is 0.0415. The van der Waals surface area contributed by atoms with Crippen molar-refractivity contribution >= 4 is 21.6 Å². The van der Waals surface area contributed by atoms with Crippen LogP contribution in [0.4, 0.5) is 54.0 Å². The number of hydrogen-bond acceptors (Lipinski definition) is 1. The van der Waals surface area contributed by atoms with Gasteiger partial charge in [0.2, 0.25) is 0 Å². The Labute approximate surface area is 134 Å². The smallest absolute Gasteiger partial charge is 0.399 e. The number of alkyl halides is 11. The molecule has 138 valence electrons. The predicted octanol–water partition coefficient (Wildman–Crippen LogP) is 5.59. The fraction of sp³-hybridized carbons (Fsp3) is 0.455. The maximum Gasteiger partial charge on any atom is 0.460 e. The topological polar surface area (TPSA) is 26.0 Å². The van der Waals surface area contributed by atoms with E-state index in [4.69, 9.17) is 5.73 Å². The zero-order valence-electron chi connectivity index (χ0n) is 10.8. The van der Waals surface area contributed by atoms with E-state index in [1.807, 2.05) is 0 Å².